The maximum absolute atomic E-state index is 10.5. The van der Waals surface area contributed by atoms with Crippen molar-refractivity contribution in [3.05, 3.63) is 39.9 Å². The van der Waals surface area contributed by atoms with Crippen molar-refractivity contribution in [1.29, 1.82) is 0 Å². The van der Waals surface area contributed by atoms with Gasteiger partial charge in [0.15, 0.2) is 6.29 Å². The lowest BCUT2D eigenvalue weighted by Crippen LogP contribution is -2.61. The molecule has 180 valence electrons. The van der Waals surface area contributed by atoms with Crippen LogP contribution < -0.4 is 4.74 Å². The van der Waals surface area contributed by atoms with Gasteiger partial charge in [-0.3, -0.25) is 10.1 Å². The molecule has 9 atom stereocenters. The van der Waals surface area contributed by atoms with Crippen LogP contribution in [0.1, 0.15) is 5.56 Å². The highest BCUT2D eigenvalue weighted by molar-refractivity contribution is 5.27. The van der Waals surface area contributed by atoms with Crippen molar-refractivity contribution in [3.63, 3.8) is 0 Å². The molecule has 3 rings (SSSR count). The number of ether oxygens (including phenoxy) is 4. The van der Waals surface area contributed by atoms with Crippen LogP contribution in [0.25, 0.3) is 0 Å². The Morgan fingerprint density at radius 3 is 2.25 bits per heavy atom. The van der Waals surface area contributed by atoms with Gasteiger partial charge in [-0.15, -0.1) is 0 Å². The Morgan fingerprint density at radius 2 is 1.59 bits per heavy atom. The van der Waals surface area contributed by atoms with E-state index in [0.717, 1.165) is 0 Å². The number of nitrogens with zero attached hydrogens (tertiary/aromatic N) is 1. The lowest BCUT2D eigenvalue weighted by molar-refractivity contribution is -0.479. The van der Waals surface area contributed by atoms with Crippen LogP contribution in [0.2, 0.25) is 0 Å². The maximum Gasteiger partial charge on any atom is 0.229 e. The molecule has 0 aliphatic carbocycles. The van der Waals surface area contributed by atoms with Gasteiger partial charge in [-0.2, -0.15) is 0 Å². The zero-order valence-electron chi connectivity index (χ0n) is 16.9. The Kier molecular flexibility index (Phi) is 8.32. The Hall–Kier alpha value is -1.94. The number of benzene rings is 1. The molecule has 6 N–H and O–H groups in total. The summed E-state index contributed by atoms with van der Waals surface area (Å²) in [4.78, 5) is 10.0. The van der Waals surface area contributed by atoms with Crippen molar-refractivity contribution >= 4 is 0 Å². The van der Waals surface area contributed by atoms with Gasteiger partial charge in [-0.1, -0.05) is 12.1 Å². The van der Waals surface area contributed by atoms with Crippen molar-refractivity contribution in [2.45, 2.75) is 61.7 Å². The summed E-state index contributed by atoms with van der Waals surface area (Å²) in [5.74, 6) is 0.255. The Morgan fingerprint density at radius 1 is 0.938 bits per heavy atom. The average Bonchev–Trinajstić information content (AvgIpc) is 2.77. The second kappa shape index (κ2) is 10.8. The molecule has 0 bridgehead atoms. The summed E-state index contributed by atoms with van der Waals surface area (Å²) in [6.45, 7) is -0.886. The first kappa shape index (κ1) is 24.7. The largest absolute Gasteiger partial charge is 0.462 e. The van der Waals surface area contributed by atoms with E-state index in [2.05, 4.69) is 0 Å². The molecule has 2 saturated heterocycles. The van der Waals surface area contributed by atoms with Crippen LogP contribution in [0.4, 0.5) is 0 Å². The normalized spacial score (nSPS) is 37.8. The highest BCUT2D eigenvalue weighted by Crippen LogP contribution is 2.26. The molecule has 32 heavy (non-hydrogen) atoms. The first-order chi connectivity index (χ1) is 15.2. The van der Waals surface area contributed by atoms with Gasteiger partial charge < -0.3 is 49.6 Å². The van der Waals surface area contributed by atoms with E-state index in [0.29, 0.717) is 5.56 Å². The molecule has 2 heterocycles. The maximum atomic E-state index is 10.5. The summed E-state index contributed by atoms with van der Waals surface area (Å²) in [6.07, 6.45) is -12.7. The molecule has 13 nitrogen and oxygen atoms in total. The summed E-state index contributed by atoms with van der Waals surface area (Å²) >= 11 is 0. The summed E-state index contributed by atoms with van der Waals surface area (Å²) in [6, 6.07) is 6.27. The van der Waals surface area contributed by atoms with Crippen molar-refractivity contribution in [2.75, 3.05) is 19.8 Å². The van der Waals surface area contributed by atoms with E-state index >= 15 is 0 Å². The van der Waals surface area contributed by atoms with Crippen LogP contribution in [-0.2, 0) is 20.6 Å². The SMILES string of the molecule is O=[N+]([O-])CCc1ccc(OC2OC(COC3OCC(O)C(O)C3O)C(O)C(O)C2O)cc1. The fraction of sp³-hybridized carbons (Fsp3) is 0.684. The van der Waals surface area contributed by atoms with E-state index in [4.69, 9.17) is 18.9 Å². The summed E-state index contributed by atoms with van der Waals surface area (Å²) in [5.41, 5.74) is 0.708. The van der Waals surface area contributed by atoms with Crippen molar-refractivity contribution < 1.29 is 54.5 Å². The van der Waals surface area contributed by atoms with Crippen LogP contribution in [0.5, 0.6) is 5.75 Å². The lowest BCUT2D eigenvalue weighted by atomic mass is 9.99. The van der Waals surface area contributed by atoms with Gasteiger partial charge in [0.2, 0.25) is 12.8 Å². The Labute approximate surface area is 182 Å². The molecule has 0 radical (unpaired) electrons. The van der Waals surface area contributed by atoms with Crippen molar-refractivity contribution in [1.82, 2.24) is 0 Å². The molecule has 0 saturated carbocycles. The highest BCUT2D eigenvalue weighted by atomic mass is 16.7. The fourth-order valence-electron chi connectivity index (χ4n) is 3.36. The van der Waals surface area contributed by atoms with E-state index in [1.54, 1.807) is 12.1 Å². The van der Waals surface area contributed by atoms with Gasteiger partial charge in [0.1, 0.15) is 48.5 Å². The molecule has 1 aromatic carbocycles. The standard InChI is InChI=1S/C19H27NO12/c21-11-7-29-18(16(25)13(11)22)30-8-12-14(23)15(24)17(26)19(32-12)31-10-3-1-9(2-4-10)5-6-20(27)28/h1-4,11-19,21-26H,5-8H2. The molecule has 9 unspecified atom stereocenters. The summed E-state index contributed by atoms with van der Waals surface area (Å²) in [5, 5.41) is 70.1. The minimum absolute atomic E-state index is 0.216. The zero-order chi connectivity index (χ0) is 23.4. The molecule has 0 aromatic heterocycles. The Balaban J connectivity index is 1.58. The number of rotatable bonds is 8. The topological polar surface area (TPSA) is 201 Å². The molecular formula is C19H27NO12. The quantitative estimate of drug-likeness (QED) is 0.171. The number of nitro groups is 1. The minimum Gasteiger partial charge on any atom is -0.462 e. The zero-order valence-corrected chi connectivity index (χ0v) is 16.9. The van der Waals surface area contributed by atoms with Crippen LogP contribution in [0, 0.1) is 10.1 Å². The molecular weight excluding hydrogens is 434 g/mol. The highest BCUT2D eigenvalue weighted by Gasteiger charge is 2.46. The average molecular weight is 461 g/mol. The van der Waals surface area contributed by atoms with Gasteiger partial charge in [0.25, 0.3) is 0 Å². The molecule has 0 amide bonds. The van der Waals surface area contributed by atoms with Crippen LogP contribution in [0.3, 0.4) is 0 Å². The van der Waals surface area contributed by atoms with Gasteiger partial charge in [-0.25, -0.2) is 0 Å². The predicted molar refractivity (Wildman–Crippen MR) is 103 cm³/mol. The number of aliphatic hydroxyl groups excluding tert-OH is 6. The smallest absolute Gasteiger partial charge is 0.229 e. The lowest BCUT2D eigenvalue weighted by Gasteiger charge is -2.41. The molecule has 0 spiro atoms. The summed E-state index contributed by atoms with van der Waals surface area (Å²) < 4.78 is 21.5. The number of hydrogen-bond donors (Lipinski definition) is 6. The van der Waals surface area contributed by atoms with E-state index in [1.807, 2.05) is 0 Å². The van der Waals surface area contributed by atoms with E-state index in [9.17, 15) is 40.8 Å². The Bertz CT molecular complexity index is 748. The summed E-state index contributed by atoms with van der Waals surface area (Å²) in [7, 11) is 0. The third kappa shape index (κ3) is 5.89. The van der Waals surface area contributed by atoms with Gasteiger partial charge in [0.05, 0.1) is 13.2 Å². The second-order valence-corrected chi connectivity index (χ2v) is 7.67. The van der Waals surface area contributed by atoms with Gasteiger partial charge >= 0.3 is 0 Å². The third-order valence-corrected chi connectivity index (χ3v) is 5.31. The van der Waals surface area contributed by atoms with Crippen LogP contribution in [-0.4, -0.2) is 111 Å². The van der Waals surface area contributed by atoms with Gasteiger partial charge in [0, 0.05) is 11.3 Å². The van der Waals surface area contributed by atoms with Crippen molar-refractivity contribution in [2.24, 2.45) is 0 Å². The molecule has 1 aromatic rings. The number of hydrogen-bond acceptors (Lipinski definition) is 12. The molecule has 2 aliphatic heterocycles. The van der Waals surface area contributed by atoms with Crippen LogP contribution >= 0.6 is 0 Å². The monoisotopic (exact) mass is 461 g/mol. The molecule has 13 heteroatoms. The van der Waals surface area contributed by atoms with E-state index < -0.39 is 66.8 Å². The first-order valence-corrected chi connectivity index (χ1v) is 10.0. The number of aliphatic hydroxyl groups is 6. The van der Waals surface area contributed by atoms with Crippen molar-refractivity contribution in [3.8, 4) is 5.75 Å². The van der Waals surface area contributed by atoms with E-state index in [1.165, 1.54) is 12.1 Å². The fourth-order valence-corrected chi connectivity index (χ4v) is 3.36. The minimum atomic E-state index is -1.63. The first-order valence-electron chi connectivity index (χ1n) is 10.0. The molecule has 2 fully saturated rings. The third-order valence-electron chi connectivity index (χ3n) is 5.31. The molecule has 2 aliphatic rings. The van der Waals surface area contributed by atoms with Gasteiger partial charge in [-0.05, 0) is 17.7 Å². The van der Waals surface area contributed by atoms with Crippen LogP contribution in [0.15, 0.2) is 24.3 Å². The predicted octanol–water partition coefficient (Wildman–Crippen LogP) is -2.85. The second-order valence-electron chi connectivity index (χ2n) is 7.67. The van der Waals surface area contributed by atoms with E-state index in [-0.39, 0.29) is 25.3 Å².